The van der Waals surface area contributed by atoms with Crippen molar-refractivity contribution in [2.75, 3.05) is 5.32 Å². The van der Waals surface area contributed by atoms with Gasteiger partial charge in [0.05, 0.1) is 21.5 Å². The zero-order valence-corrected chi connectivity index (χ0v) is 11.6. The minimum Gasteiger partial charge on any atom is -0.322 e. The Balaban J connectivity index is 2.36. The van der Waals surface area contributed by atoms with E-state index in [0.29, 0.717) is 11.3 Å². The lowest BCUT2D eigenvalue weighted by Gasteiger charge is -2.06. The van der Waals surface area contributed by atoms with Crippen molar-refractivity contribution < 1.29 is 14.6 Å². The Hall–Kier alpha value is -3.73. The number of rotatable bonds is 4. The molecule has 0 unspecified atom stereocenters. The summed E-state index contributed by atoms with van der Waals surface area (Å²) in [6, 6.07) is 9.11. The largest absolute Gasteiger partial charge is 0.322 e. The maximum Gasteiger partial charge on any atom is 0.277 e. The molecule has 8 nitrogen and oxygen atoms in total. The van der Waals surface area contributed by atoms with Crippen molar-refractivity contribution >= 4 is 23.0 Å². The van der Waals surface area contributed by atoms with E-state index >= 15 is 0 Å². The van der Waals surface area contributed by atoms with E-state index in [1.807, 2.05) is 0 Å². The first-order chi connectivity index (χ1) is 10.9. The number of amides is 1. The van der Waals surface area contributed by atoms with E-state index in [-0.39, 0.29) is 5.56 Å². The molecule has 114 valence electrons. The number of benzene rings is 2. The molecule has 0 heterocycles. The van der Waals surface area contributed by atoms with Crippen LogP contribution in [0.1, 0.15) is 15.9 Å². The normalized spacial score (nSPS) is 9.70. The number of nitro benzene ring substituents is 2. The number of anilines is 1. The number of hydrogen-bond acceptors (Lipinski definition) is 5. The van der Waals surface area contributed by atoms with Gasteiger partial charge in [-0.15, -0.1) is 6.42 Å². The van der Waals surface area contributed by atoms with Crippen molar-refractivity contribution in [3.8, 4) is 12.3 Å². The van der Waals surface area contributed by atoms with Gasteiger partial charge in [0.2, 0.25) is 0 Å². The Morgan fingerprint density at radius 1 is 1.04 bits per heavy atom. The molecule has 2 aromatic rings. The van der Waals surface area contributed by atoms with Gasteiger partial charge in [-0.2, -0.15) is 0 Å². The molecule has 0 aliphatic rings. The number of terminal acetylenes is 1. The lowest BCUT2D eigenvalue weighted by molar-refractivity contribution is -0.394. The van der Waals surface area contributed by atoms with Gasteiger partial charge in [0.1, 0.15) is 0 Å². The van der Waals surface area contributed by atoms with E-state index in [2.05, 4.69) is 11.2 Å². The number of nitrogens with zero attached hydrogens (tertiary/aromatic N) is 2. The standard InChI is InChI=1S/C15H9N3O5/c1-2-10-4-3-5-12(6-10)16-15(19)11-7-13(17(20)21)9-14(8-11)18(22)23/h1,3-9H,(H,16,19). The molecule has 0 radical (unpaired) electrons. The third-order valence-corrected chi connectivity index (χ3v) is 2.87. The fourth-order valence-corrected chi connectivity index (χ4v) is 1.83. The van der Waals surface area contributed by atoms with Gasteiger partial charge in [0, 0.05) is 23.4 Å². The molecule has 0 bridgehead atoms. The lowest BCUT2D eigenvalue weighted by atomic mass is 10.1. The van der Waals surface area contributed by atoms with Crippen LogP contribution < -0.4 is 5.32 Å². The minimum absolute atomic E-state index is 0.197. The summed E-state index contributed by atoms with van der Waals surface area (Å²) in [5, 5.41) is 24.1. The molecular formula is C15H9N3O5. The van der Waals surface area contributed by atoms with Crippen molar-refractivity contribution in [2.45, 2.75) is 0 Å². The van der Waals surface area contributed by atoms with Crippen LogP contribution in [0.5, 0.6) is 0 Å². The average Bonchev–Trinajstić information content (AvgIpc) is 2.54. The fourth-order valence-electron chi connectivity index (χ4n) is 1.83. The van der Waals surface area contributed by atoms with Crippen LogP contribution in [-0.4, -0.2) is 15.8 Å². The first kappa shape index (κ1) is 15.7. The predicted molar refractivity (Wildman–Crippen MR) is 82.1 cm³/mol. The highest BCUT2D eigenvalue weighted by Crippen LogP contribution is 2.23. The number of carbonyl (C=O) groups is 1. The van der Waals surface area contributed by atoms with Crippen LogP contribution in [0.4, 0.5) is 17.1 Å². The highest BCUT2D eigenvalue weighted by Gasteiger charge is 2.19. The first-order valence-corrected chi connectivity index (χ1v) is 6.22. The van der Waals surface area contributed by atoms with Gasteiger partial charge in [0.25, 0.3) is 17.3 Å². The molecule has 8 heteroatoms. The summed E-state index contributed by atoms with van der Waals surface area (Å²) in [6.07, 6.45) is 5.25. The van der Waals surface area contributed by atoms with E-state index in [9.17, 15) is 25.0 Å². The van der Waals surface area contributed by atoms with Gasteiger partial charge in [-0.05, 0) is 18.2 Å². The van der Waals surface area contributed by atoms with E-state index in [1.54, 1.807) is 18.2 Å². The van der Waals surface area contributed by atoms with E-state index in [4.69, 9.17) is 6.42 Å². The SMILES string of the molecule is C#Cc1cccc(NC(=O)c2cc([N+](=O)[O-])cc([N+](=O)[O-])c2)c1. The molecular weight excluding hydrogens is 302 g/mol. The monoisotopic (exact) mass is 311 g/mol. The molecule has 0 fully saturated rings. The lowest BCUT2D eigenvalue weighted by Crippen LogP contribution is -2.12. The third kappa shape index (κ3) is 3.68. The summed E-state index contributed by atoms with van der Waals surface area (Å²) in [5.41, 5.74) is -0.368. The molecule has 1 N–H and O–H groups in total. The molecule has 0 saturated carbocycles. The summed E-state index contributed by atoms with van der Waals surface area (Å²) in [4.78, 5) is 32.2. The molecule has 2 aromatic carbocycles. The highest BCUT2D eigenvalue weighted by molar-refractivity contribution is 6.05. The topological polar surface area (TPSA) is 115 Å². The highest BCUT2D eigenvalue weighted by atomic mass is 16.6. The Bertz CT molecular complexity index is 822. The first-order valence-electron chi connectivity index (χ1n) is 6.22. The predicted octanol–water partition coefficient (Wildman–Crippen LogP) is 2.74. The summed E-state index contributed by atoms with van der Waals surface area (Å²) in [5.74, 6) is 1.68. The maximum atomic E-state index is 12.2. The van der Waals surface area contributed by atoms with Crippen molar-refractivity contribution in [1.29, 1.82) is 0 Å². The molecule has 0 spiro atoms. The van der Waals surface area contributed by atoms with Gasteiger partial charge in [-0.3, -0.25) is 25.0 Å². The van der Waals surface area contributed by atoms with Crippen LogP contribution in [0.2, 0.25) is 0 Å². The summed E-state index contributed by atoms with van der Waals surface area (Å²) >= 11 is 0. The summed E-state index contributed by atoms with van der Waals surface area (Å²) in [7, 11) is 0. The number of hydrogen-bond donors (Lipinski definition) is 1. The quantitative estimate of drug-likeness (QED) is 0.529. The fraction of sp³-hybridized carbons (Fsp3) is 0. The van der Waals surface area contributed by atoms with Gasteiger partial charge in [-0.1, -0.05) is 12.0 Å². The maximum absolute atomic E-state index is 12.2. The molecule has 0 aromatic heterocycles. The van der Waals surface area contributed by atoms with Crippen LogP contribution in [-0.2, 0) is 0 Å². The Morgan fingerprint density at radius 3 is 2.17 bits per heavy atom. The van der Waals surface area contributed by atoms with Crippen LogP contribution in [0.3, 0.4) is 0 Å². The summed E-state index contributed by atoms with van der Waals surface area (Å²) in [6.45, 7) is 0. The number of nitro groups is 2. The van der Waals surface area contributed by atoms with Crippen LogP contribution in [0.25, 0.3) is 0 Å². The zero-order chi connectivity index (χ0) is 17.0. The van der Waals surface area contributed by atoms with Crippen molar-refractivity contribution in [1.82, 2.24) is 0 Å². The number of carbonyl (C=O) groups excluding carboxylic acids is 1. The summed E-state index contributed by atoms with van der Waals surface area (Å²) < 4.78 is 0. The number of nitrogens with one attached hydrogen (secondary N) is 1. The number of non-ortho nitro benzene ring substituents is 2. The second kappa shape index (κ2) is 6.36. The minimum atomic E-state index is -0.803. The van der Waals surface area contributed by atoms with E-state index < -0.39 is 27.1 Å². The molecule has 0 aliphatic carbocycles. The smallest absolute Gasteiger partial charge is 0.277 e. The molecule has 0 aliphatic heterocycles. The van der Waals surface area contributed by atoms with Gasteiger partial charge >= 0.3 is 0 Å². The van der Waals surface area contributed by atoms with Crippen LogP contribution in [0, 0.1) is 32.6 Å². The molecule has 0 atom stereocenters. The van der Waals surface area contributed by atoms with Crippen LogP contribution >= 0.6 is 0 Å². The van der Waals surface area contributed by atoms with Crippen molar-refractivity contribution in [3.05, 3.63) is 73.8 Å². The van der Waals surface area contributed by atoms with Crippen molar-refractivity contribution in [2.24, 2.45) is 0 Å². The molecule has 2 rings (SSSR count). The van der Waals surface area contributed by atoms with Crippen molar-refractivity contribution in [3.63, 3.8) is 0 Å². The molecule has 1 amide bonds. The second-order valence-electron chi connectivity index (χ2n) is 4.43. The molecule has 0 saturated heterocycles. The van der Waals surface area contributed by atoms with Gasteiger partial charge in [-0.25, -0.2) is 0 Å². The van der Waals surface area contributed by atoms with Gasteiger partial charge in [0.15, 0.2) is 0 Å². The van der Waals surface area contributed by atoms with Gasteiger partial charge < -0.3 is 5.32 Å². The second-order valence-corrected chi connectivity index (χ2v) is 4.43. The average molecular weight is 311 g/mol. The van der Waals surface area contributed by atoms with E-state index in [1.165, 1.54) is 6.07 Å². The Kier molecular flexibility index (Phi) is 4.33. The van der Waals surface area contributed by atoms with E-state index in [0.717, 1.165) is 18.2 Å². The molecule has 23 heavy (non-hydrogen) atoms. The zero-order valence-electron chi connectivity index (χ0n) is 11.6. The Labute approximate surface area is 130 Å². The Morgan fingerprint density at radius 2 is 1.65 bits per heavy atom. The van der Waals surface area contributed by atoms with Crippen LogP contribution in [0.15, 0.2) is 42.5 Å². The third-order valence-electron chi connectivity index (χ3n) is 2.87.